The standard InChI is InChI=1S/C22H19ClN2O4S.C22H18F2N2O4S.C22H19FN2O4S.C22H20N2O4S/c1-14-11-19(25-10-9-24-22(26)21(14)25)18-12-15(13-30(2,27)28)3-8-20(18)29-17-6-4-16(23)5-7-17;1-13-9-18(26-8-7-25-22(27)21(13)26)16-10-14(12-31(2,28)29)3-5-19(16)30-20-6-4-15(23)11-17(20)24;1-14-11-19(25-10-9-24-22(26)21(14)25)18-12-15(13-30(2,27)28)3-8-20(18)29-17-6-4-16(23)5-7-17;1-15-12-19(24-11-10-23-22(25)21(15)24)18-13-16(14-29(2,26)27)8-9-20(18)28-17-6-4-3-5-7-17/h3-12H,13H2,1-2H3,(H,24,26);3-11H,12H2,1-2H3,(H,25,27);3-12H,13H2,1-2H3,(H,24,26);3-13H,14H2,1-2H3,(H,23,25). The third-order valence-corrected chi connectivity index (χ3v) is 22.4. The van der Waals surface area contributed by atoms with Crippen molar-refractivity contribution in [2.75, 3.05) is 25.0 Å². The number of aryl methyl sites for hydroxylation is 4. The van der Waals surface area contributed by atoms with Gasteiger partial charge in [-0.05, 0) is 218 Å². The number of aromatic nitrogens is 8. The largest absolute Gasteiger partial charge is 0.457 e. The van der Waals surface area contributed by atoms with Gasteiger partial charge in [-0.3, -0.25) is 19.2 Å². The number of aromatic amines is 4. The van der Waals surface area contributed by atoms with E-state index in [0.717, 1.165) is 40.4 Å². The van der Waals surface area contributed by atoms with E-state index in [1.165, 1.54) is 61.4 Å². The SMILES string of the molecule is Cc1cc(-c2cc(CS(C)(=O)=O)ccc2Oc2ccc(Cl)cc2)n2cc[nH]c(=O)c12.Cc1cc(-c2cc(CS(C)(=O)=O)ccc2Oc2ccc(F)cc2)n2cc[nH]c(=O)c12.Cc1cc(-c2cc(CS(C)(=O)=O)ccc2Oc2ccc(F)cc2F)n2cc[nH]c(=O)c12.Cc1cc(-c2cc(CS(C)(=O)=O)ccc2Oc2ccccc2)n2cc[nH]c(=O)c12. The molecule has 616 valence electrons. The van der Waals surface area contributed by atoms with Gasteiger partial charge in [-0.25, -0.2) is 46.8 Å². The molecule has 4 N–H and O–H groups in total. The van der Waals surface area contributed by atoms with E-state index in [9.17, 15) is 66.0 Å². The molecule has 0 amide bonds. The maximum absolute atomic E-state index is 14.2. The Bertz CT molecular complexity index is 7170. The van der Waals surface area contributed by atoms with E-state index in [-0.39, 0.29) is 62.6 Å². The highest BCUT2D eigenvalue weighted by molar-refractivity contribution is 7.90. The summed E-state index contributed by atoms with van der Waals surface area (Å²) in [4.78, 5) is 59.8. The molecular formula is C88H76ClF3N8O16S4. The van der Waals surface area contributed by atoms with Crippen molar-refractivity contribution in [2.24, 2.45) is 0 Å². The zero-order valence-corrected chi connectivity index (χ0v) is 69.4. The van der Waals surface area contributed by atoms with Crippen LogP contribution in [-0.4, -0.2) is 96.2 Å². The van der Waals surface area contributed by atoms with E-state index in [1.807, 2.05) is 75.4 Å². The number of rotatable bonds is 20. The van der Waals surface area contributed by atoms with Gasteiger partial charge in [0, 0.05) is 108 Å². The number of nitrogens with one attached hydrogen (secondary N) is 4. The molecule has 16 aromatic rings. The monoisotopic (exact) mass is 1720 g/mol. The predicted octanol–water partition coefficient (Wildman–Crippen LogP) is 16.8. The summed E-state index contributed by atoms with van der Waals surface area (Å²) in [6, 6.07) is 52.7. The van der Waals surface area contributed by atoms with Crippen LogP contribution in [0, 0.1) is 45.1 Å². The van der Waals surface area contributed by atoms with Gasteiger partial charge in [-0.1, -0.05) is 54.1 Å². The van der Waals surface area contributed by atoms with Crippen LogP contribution in [0.15, 0.2) is 263 Å². The van der Waals surface area contributed by atoms with Crippen molar-refractivity contribution < 1.29 is 65.8 Å². The molecule has 0 bridgehead atoms. The number of nitrogens with zero attached hydrogens (tertiary/aromatic N) is 4. The van der Waals surface area contributed by atoms with Crippen LogP contribution in [0.4, 0.5) is 13.2 Å². The molecule has 120 heavy (non-hydrogen) atoms. The Kier molecular flexibility index (Phi) is 24.5. The molecule has 24 nitrogen and oxygen atoms in total. The van der Waals surface area contributed by atoms with Crippen LogP contribution < -0.4 is 41.2 Å². The van der Waals surface area contributed by atoms with Gasteiger partial charge in [0.1, 0.15) is 73.9 Å². The first-order valence-electron chi connectivity index (χ1n) is 36.6. The van der Waals surface area contributed by atoms with Gasteiger partial charge in [-0.15, -0.1) is 0 Å². The molecule has 0 radical (unpaired) electrons. The summed E-state index contributed by atoms with van der Waals surface area (Å²) in [5, 5.41) is 0.596. The quantitative estimate of drug-likeness (QED) is 0.0551. The minimum atomic E-state index is -3.31. The minimum Gasteiger partial charge on any atom is -0.457 e. The minimum absolute atomic E-state index is 0.0749. The summed E-state index contributed by atoms with van der Waals surface area (Å²) in [5.74, 6) is 0.818. The van der Waals surface area contributed by atoms with E-state index in [2.05, 4.69) is 19.9 Å². The normalized spacial score (nSPS) is 11.7. The van der Waals surface area contributed by atoms with Crippen molar-refractivity contribution >= 4 is 73.0 Å². The fraction of sp³-hybridized carbons (Fsp3) is 0.136. The Balaban J connectivity index is 0.000000138. The summed E-state index contributed by atoms with van der Waals surface area (Å²) in [6.07, 6.45) is 17.8. The second-order valence-corrected chi connectivity index (χ2v) is 37.7. The molecule has 0 unspecified atom stereocenters. The Labute approximate surface area is 690 Å². The number of hydrogen-bond acceptors (Lipinski definition) is 16. The Morgan fingerprint density at radius 2 is 0.583 bits per heavy atom. The van der Waals surface area contributed by atoms with Gasteiger partial charge in [-0.2, -0.15) is 0 Å². The van der Waals surface area contributed by atoms with Crippen molar-refractivity contribution in [1.29, 1.82) is 0 Å². The molecule has 0 fully saturated rings. The van der Waals surface area contributed by atoms with Crippen LogP contribution in [0.2, 0.25) is 5.02 Å². The second kappa shape index (κ2) is 34.8. The summed E-state index contributed by atoms with van der Waals surface area (Å²) in [7, 11) is -13.0. The molecule has 0 atom stereocenters. The lowest BCUT2D eigenvalue weighted by Gasteiger charge is -2.14. The number of H-pyrrole nitrogens is 4. The maximum atomic E-state index is 14.2. The Morgan fingerprint density at radius 3 is 0.875 bits per heavy atom. The number of sulfone groups is 4. The van der Waals surface area contributed by atoms with E-state index in [0.29, 0.717) is 129 Å². The van der Waals surface area contributed by atoms with Crippen molar-refractivity contribution in [3.8, 4) is 91.0 Å². The third-order valence-electron chi connectivity index (χ3n) is 18.7. The van der Waals surface area contributed by atoms with Crippen LogP contribution in [0.1, 0.15) is 44.5 Å². The van der Waals surface area contributed by atoms with Gasteiger partial charge >= 0.3 is 0 Å². The topological polar surface area (TPSA) is 323 Å². The molecule has 8 aromatic carbocycles. The van der Waals surface area contributed by atoms with Crippen LogP contribution in [0.25, 0.3) is 67.1 Å². The second-order valence-electron chi connectivity index (χ2n) is 28.7. The highest BCUT2D eigenvalue weighted by Crippen LogP contribution is 2.42. The Hall–Kier alpha value is -13.2. The molecule has 0 saturated carbocycles. The Morgan fingerprint density at radius 1 is 0.317 bits per heavy atom. The average Bonchev–Trinajstić information content (AvgIpc) is 1.63. The van der Waals surface area contributed by atoms with E-state index in [4.69, 9.17) is 30.5 Å². The van der Waals surface area contributed by atoms with Crippen LogP contribution >= 0.6 is 11.6 Å². The molecule has 0 aliphatic rings. The molecule has 8 heterocycles. The maximum Gasteiger partial charge on any atom is 0.272 e. The number of ether oxygens (including phenoxy) is 4. The van der Waals surface area contributed by atoms with Gasteiger partial charge in [0.15, 0.2) is 50.9 Å². The van der Waals surface area contributed by atoms with E-state index < -0.39 is 51.0 Å². The molecule has 16 rings (SSSR count). The molecule has 32 heteroatoms. The molecule has 0 saturated heterocycles. The smallest absolute Gasteiger partial charge is 0.272 e. The fourth-order valence-corrected chi connectivity index (χ4v) is 17.1. The average molecular weight is 1720 g/mol. The van der Waals surface area contributed by atoms with Gasteiger partial charge in [0.25, 0.3) is 22.2 Å². The van der Waals surface area contributed by atoms with Crippen molar-refractivity contribution in [3.63, 3.8) is 0 Å². The first-order valence-corrected chi connectivity index (χ1v) is 45.2. The zero-order chi connectivity index (χ0) is 85.9. The zero-order valence-electron chi connectivity index (χ0n) is 65.4. The van der Waals surface area contributed by atoms with Crippen LogP contribution in [0.5, 0.6) is 46.0 Å². The highest BCUT2D eigenvalue weighted by atomic mass is 35.5. The number of halogens is 4. The number of hydrogen-bond donors (Lipinski definition) is 4. The van der Waals surface area contributed by atoms with Crippen molar-refractivity contribution in [2.45, 2.75) is 50.7 Å². The molecule has 0 aliphatic carbocycles. The van der Waals surface area contributed by atoms with Gasteiger partial charge in [0.05, 0.1) is 45.8 Å². The first kappa shape index (κ1) is 84.7. The molecule has 0 spiro atoms. The van der Waals surface area contributed by atoms with Crippen molar-refractivity contribution in [1.82, 2.24) is 37.5 Å². The van der Waals surface area contributed by atoms with Crippen LogP contribution in [0.3, 0.4) is 0 Å². The lowest BCUT2D eigenvalue weighted by Crippen LogP contribution is -2.09. The number of benzene rings is 8. The fourth-order valence-electron chi connectivity index (χ4n) is 13.8. The molecule has 8 aromatic heterocycles. The number of fused-ring (bicyclic) bond motifs is 4. The summed E-state index contributed by atoms with van der Waals surface area (Å²) >= 11 is 5.96. The van der Waals surface area contributed by atoms with E-state index in [1.54, 1.807) is 159 Å². The highest BCUT2D eigenvalue weighted by Gasteiger charge is 2.24. The first-order chi connectivity index (χ1) is 56.9. The van der Waals surface area contributed by atoms with Crippen molar-refractivity contribution in [3.05, 3.63) is 352 Å². The number of para-hydroxylation sites is 1. The lowest BCUT2D eigenvalue weighted by atomic mass is 10.1. The molecule has 0 aliphatic heterocycles. The predicted molar refractivity (Wildman–Crippen MR) is 458 cm³/mol. The molecular weight excluding hydrogens is 1650 g/mol. The lowest BCUT2D eigenvalue weighted by molar-refractivity contribution is 0.439. The third kappa shape index (κ3) is 20.3. The summed E-state index contributed by atoms with van der Waals surface area (Å²) in [6.45, 7) is 7.32. The van der Waals surface area contributed by atoms with Crippen LogP contribution in [-0.2, 0) is 62.4 Å². The summed E-state index contributed by atoms with van der Waals surface area (Å²) < 4.78 is 166. The summed E-state index contributed by atoms with van der Waals surface area (Å²) in [5.41, 5.74) is 11.8. The van der Waals surface area contributed by atoms with Gasteiger partial charge in [0.2, 0.25) is 0 Å². The van der Waals surface area contributed by atoms with E-state index >= 15 is 0 Å². The van der Waals surface area contributed by atoms with Gasteiger partial charge < -0.3 is 56.5 Å².